The predicted octanol–water partition coefficient (Wildman–Crippen LogP) is 1.71. The van der Waals surface area contributed by atoms with Crippen LogP contribution in [0.2, 0.25) is 0 Å². The molecule has 1 saturated heterocycles. The van der Waals surface area contributed by atoms with Gasteiger partial charge < -0.3 is 15.5 Å². The molecule has 2 rings (SSSR count). The number of rotatable bonds is 5. The largest absolute Gasteiger partial charge is 0.335 e. The maximum absolute atomic E-state index is 12.0. The fourth-order valence-electron chi connectivity index (χ4n) is 2.39. The molecule has 0 bridgehead atoms. The fourth-order valence-corrected chi connectivity index (χ4v) is 2.39. The smallest absolute Gasteiger partial charge is 0.317 e. The maximum Gasteiger partial charge on any atom is 0.317 e. The van der Waals surface area contributed by atoms with Crippen LogP contribution in [0.25, 0.3) is 0 Å². The van der Waals surface area contributed by atoms with E-state index in [0.717, 1.165) is 38.9 Å². The lowest BCUT2D eigenvalue weighted by atomic mass is 10.0. The predicted molar refractivity (Wildman–Crippen MR) is 69.1 cm³/mol. The van der Waals surface area contributed by atoms with Gasteiger partial charge in [0.05, 0.1) is 0 Å². The summed E-state index contributed by atoms with van der Waals surface area (Å²) in [4.78, 5) is 14.0. The minimum absolute atomic E-state index is 0.140. The van der Waals surface area contributed by atoms with Crippen molar-refractivity contribution >= 4 is 6.03 Å². The van der Waals surface area contributed by atoms with E-state index in [1.54, 1.807) is 0 Å². The molecule has 1 heterocycles. The Hall–Kier alpha value is -0.770. The summed E-state index contributed by atoms with van der Waals surface area (Å²) in [5.41, 5.74) is 0. The normalized spacial score (nSPS) is 24.4. The summed E-state index contributed by atoms with van der Waals surface area (Å²) in [5.74, 6) is 0. The molecule has 2 amide bonds. The van der Waals surface area contributed by atoms with E-state index < -0.39 is 0 Å². The molecule has 98 valence electrons. The van der Waals surface area contributed by atoms with Crippen LogP contribution in [0.4, 0.5) is 4.79 Å². The van der Waals surface area contributed by atoms with Crippen LogP contribution >= 0.6 is 0 Å². The molecule has 0 spiro atoms. The van der Waals surface area contributed by atoms with Crippen molar-refractivity contribution in [2.75, 3.05) is 19.6 Å². The van der Waals surface area contributed by atoms with E-state index in [-0.39, 0.29) is 6.03 Å². The molecule has 0 radical (unpaired) electrons. The Labute approximate surface area is 104 Å². The van der Waals surface area contributed by atoms with Gasteiger partial charge in [-0.15, -0.1) is 0 Å². The van der Waals surface area contributed by atoms with Crippen molar-refractivity contribution in [1.82, 2.24) is 15.5 Å². The first-order chi connectivity index (χ1) is 8.29. The zero-order valence-corrected chi connectivity index (χ0v) is 10.9. The van der Waals surface area contributed by atoms with Gasteiger partial charge in [0.1, 0.15) is 0 Å². The molecule has 1 saturated carbocycles. The van der Waals surface area contributed by atoms with Crippen LogP contribution in [0.15, 0.2) is 0 Å². The standard InChI is InChI=1S/C13H25N3O/c1-2-9-16(13(17)15-11-6-7-11)10-12-5-3-4-8-14-12/h11-12,14H,2-10H2,1H3,(H,15,17). The van der Waals surface area contributed by atoms with Gasteiger partial charge in [0.25, 0.3) is 0 Å². The quantitative estimate of drug-likeness (QED) is 0.767. The molecule has 1 unspecified atom stereocenters. The molecule has 0 aromatic heterocycles. The zero-order valence-electron chi connectivity index (χ0n) is 10.9. The Morgan fingerprint density at radius 3 is 2.76 bits per heavy atom. The number of urea groups is 1. The van der Waals surface area contributed by atoms with Crippen LogP contribution in [0.1, 0.15) is 45.4 Å². The van der Waals surface area contributed by atoms with Gasteiger partial charge in [0, 0.05) is 25.2 Å². The second-order valence-electron chi connectivity index (χ2n) is 5.32. The van der Waals surface area contributed by atoms with Crippen LogP contribution in [-0.2, 0) is 0 Å². The second kappa shape index (κ2) is 6.24. The number of nitrogens with one attached hydrogen (secondary N) is 2. The van der Waals surface area contributed by atoms with Crippen molar-refractivity contribution in [3.63, 3.8) is 0 Å². The average Bonchev–Trinajstić information content (AvgIpc) is 3.14. The van der Waals surface area contributed by atoms with Gasteiger partial charge in [-0.25, -0.2) is 4.79 Å². The van der Waals surface area contributed by atoms with Crippen LogP contribution < -0.4 is 10.6 Å². The summed E-state index contributed by atoms with van der Waals surface area (Å²) in [5, 5.41) is 6.60. The summed E-state index contributed by atoms with van der Waals surface area (Å²) in [6.45, 7) is 4.98. The van der Waals surface area contributed by atoms with Gasteiger partial charge in [0.15, 0.2) is 0 Å². The highest BCUT2D eigenvalue weighted by molar-refractivity contribution is 5.74. The van der Waals surface area contributed by atoms with Gasteiger partial charge in [-0.3, -0.25) is 0 Å². The number of hydrogen-bond donors (Lipinski definition) is 2. The minimum atomic E-state index is 0.140. The molecule has 1 atom stereocenters. The molecule has 0 aromatic carbocycles. The van der Waals surface area contributed by atoms with E-state index in [0.29, 0.717) is 12.1 Å². The first kappa shape index (κ1) is 12.7. The second-order valence-corrected chi connectivity index (χ2v) is 5.32. The monoisotopic (exact) mass is 239 g/mol. The van der Waals surface area contributed by atoms with Gasteiger partial charge in [-0.2, -0.15) is 0 Å². The third kappa shape index (κ3) is 4.19. The molecule has 0 aromatic rings. The zero-order chi connectivity index (χ0) is 12.1. The Morgan fingerprint density at radius 1 is 1.35 bits per heavy atom. The summed E-state index contributed by atoms with van der Waals surface area (Å²) in [7, 11) is 0. The molecular weight excluding hydrogens is 214 g/mol. The molecule has 2 fully saturated rings. The van der Waals surface area contributed by atoms with Crippen LogP contribution in [0.5, 0.6) is 0 Å². The summed E-state index contributed by atoms with van der Waals surface area (Å²) in [6, 6.07) is 1.10. The van der Waals surface area contributed by atoms with E-state index in [2.05, 4.69) is 17.6 Å². The minimum Gasteiger partial charge on any atom is -0.335 e. The Morgan fingerprint density at radius 2 is 2.18 bits per heavy atom. The van der Waals surface area contributed by atoms with Gasteiger partial charge in [0.2, 0.25) is 0 Å². The van der Waals surface area contributed by atoms with E-state index in [4.69, 9.17) is 0 Å². The highest BCUT2D eigenvalue weighted by Crippen LogP contribution is 2.19. The summed E-state index contributed by atoms with van der Waals surface area (Å²) in [6.07, 6.45) is 7.13. The molecule has 1 aliphatic heterocycles. The van der Waals surface area contributed by atoms with E-state index >= 15 is 0 Å². The number of hydrogen-bond acceptors (Lipinski definition) is 2. The highest BCUT2D eigenvalue weighted by atomic mass is 16.2. The SMILES string of the molecule is CCCN(CC1CCCCN1)C(=O)NC1CC1. The summed E-state index contributed by atoms with van der Waals surface area (Å²) < 4.78 is 0. The van der Waals surface area contributed by atoms with Crippen molar-refractivity contribution < 1.29 is 4.79 Å². The molecule has 4 heteroatoms. The molecular formula is C13H25N3O. The lowest BCUT2D eigenvalue weighted by Gasteiger charge is -2.30. The lowest BCUT2D eigenvalue weighted by molar-refractivity contribution is 0.186. The van der Waals surface area contributed by atoms with E-state index in [1.807, 2.05) is 4.90 Å². The van der Waals surface area contributed by atoms with Gasteiger partial charge >= 0.3 is 6.03 Å². The number of nitrogens with zero attached hydrogens (tertiary/aromatic N) is 1. The maximum atomic E-state index is 12.0. The van der Waals surface area contributed by atoms with Gasteiger partial charge in [-0.1, -0.05) is 13.3 Å². The highest BCUT2D eigenvalue weighted by Gasteiger charge is 2.26. The number of carbonyl (C=O) groups excluding carboxylic acids is 1. The molecule has 2 N–H and O–H groups in total. The molecule has 17 heavy (non-hydrogen) atoms. The van der Waals surface area contributed by atoms with Crippen LogP contribution in [0.3, 0.4) is 0 Å². The Balaban J connectivity index is 1.79. The lowest BCUT2D eigenvalue weighted by Crippen LogP contribution is -2.49. The summed E-state index contributed by atoms with van der Waals surface area (Å²) >= 11 is 0. The van der Waals surface area contributed by atoms with E-state index in [1.165, 1.54) is 19.3 Å². The number of carbonyl (C=O) groups is 1. The van der Waals surface area contributed by atoms with Crippen molar-refractivity contribution in [2.45, 2.75) is 57.5 Å². The first-order valence-electron chi connectivity index (χ1n) is 7.08. The fraction of sp³-hybridized carbons (Fsp3) is 0.923. The van der Waals surface area contributed by atoms with Crippen LogP contribution in [0, 0.1) is 0 Å². The first-order valence-corrected chi connectivity index (χ1v) is 7.08. The topological polar surface area (TPSA) is 44.4 Å². The molecule has 1 aliphatic carbocycles. The van der Waals surface area contributed by atoms with Crippen molar-refractivity contribution in [3.8, 4) is 0 Å². The van der Waals surface area contributed by atoms with Crippen molar-refractivity contribution in [1.29, 1.82) is 0 Å². The Bertz CT molecular complexity index is 247. The third-order valence-corrected chi connectivity index (χ3v) is 3.54. The third-order valence-electron chi connectivity index (χ3n) is 3.54. The average molecular weight is 239 g/mol. The Kier molecular flexibility index (Phi) is 4.66. The van der Waals surface area contributed by atoms with Crippen molar-refractivity contribution in [3.05, 3.63) is 0 Å². The van der Waals surface area contributed by atoms with Crippen LogP contribution in [-0.4, -0.2) is 42.6 Å². The number of piperidine rings is 1. The van der Waals surface area contributed by atoms with E-state index in [9.17, 15) is 4.79 Å². The number of amides is 2. The molecule has 4 nitrogen and oxygen atoms in total. The van der Waals surface area contributed by atoms with Gasteiger partial charge in [-0.05, 0) is 38.6 Å². The van der Waals surface area contributed by atoms with Crippen molar-refractivity contribution in [2.24, 2.45) is 0 Å². The molecule has 2 aliphatic rings.